The summed E-state index contributed by atoms with van der Waals surface area (Å²) >= 11 is 0. The van der Waals surface area contributed by atoms with Gasteiger partial charge in [0.25, 0.3) is 0 Å². The van der Waals surface area contributed by atoms with Crippen molar-refractivity contribution in [3.63, 3.8) is 0 Å². The lowest BCUT2D eigenvalue weighted by Gasteiger charge is -2.22. The number of hydrogen-bond acceptors (Lipinski definition) is 2. The van der Waals surface area contributed by atoms with Gasteiger partial charge in [-0.15, -0.1) is 0 Å². The van der Waals surface area contributed by atoms with E-state index in [1.165, 1.54) is 0 Å². The van der Waals surface area contributed by atoms with Crippen LogP contribution in [0.2, 0.25) is 0 Å². The maximum Gasteiger partial charge on any atom is 0.214 e. The molecule has 0 saturated carbocycles. The summed E-state index contributed by atoms with van der Waals surface area (Å²) in [6, 6.07) is 3.88. The molecule has 2 heterocycles. The van der Waals surface area contributed by atoms with Crippen LogP contribution in [0.4, 0.5) is 0 Å². The van der Waals surface area contributed by atoms with Crippen molar-refractivity contribution in [3.8, 4) is 0 Å². The van der Waals surface area contributed by atoms with Crippen molar-refractivity contribution in [1.82, 2.24) is 9.29 Å². The molecule has 0 aliphatic carbocycles. The number of nitrogens with zero attached hydrogens (tertiary/aromatic N) is 1. The molecule has 84 valence electrons. The average Bonchev–Trinajstić information content (AvgIpc) is 2.87. The second kappa shape index (κ2) is 3.98. The highest BCUT2D eigenvalue weighted by Crippen LogP contribution is 2.33. The molecule has 1 saturated heterocycles. The second-order valence-electron chi connectivity index (χ2n) is 3.79. The Hall–Kier alpha value is -0.810. The maximum absolute atomic E-state index is 11.8. The fourth-order valence-corrected chi connectivity index (χ4v) is 3.45. The molecule has 1 aliphatic heterocycles. The van der Waals surface area contributed by atoms with Crippen molar-refractivity contribution in [2.24, 2.45) is 0 Å². The van der Waals surface area contributed by atoms with E-state index in [0.717, 1.165) is 18.5 Å². The third-order valence-electron chi connectivity index (χ3n) is 2.91. The molecule has 1 fully saturated rings. The monoisotopic (exact) mass is 228 g/mol. The van der Waals surface area contributed by atoms with Gasteiger partial charge in [0.2, 0.25) is 10.0 Å². The van der Waals surface area contributed by atoms with Crippen LogP contribution in [0.5, 0.6) is 0 Å². The van der Waals surface area contributed by atoms with Crippen molar-refractivity contribution >= 4 is 10.0 Å². The Balaban J connectivity index is 2.27. The first-order valence-corrected chi connectivity index (χ1v) is 6.89. The van der Waals surface area contributed by atoms with Crippen LogP contribution in [0.15, 0.2) is 18.3 Å². The zero-order valence-corrected chi connectivity index (χ0v) is 9.63. The first-order valence-electron chi connectivity index (χ1n) is 5.28. The molecule has 0 radical (unpaired) electrons. The number of hydrogen-bond donors (Lipinski definition) is 1. The van der Waals surface area contributed by atoms with Crippen LogP contribution >= 0.6 is 0 Å². The SMILES string of the molecule is CCS(=O)(=O)N1CCCC1c1ccc[nH]1. The highest BCUT2D eigenvalue weighted by atomic mass is 32.2. The lowest BCUT2D eigenvalue weighted by molar-refractivity contribution is 0.392. The molecule has 1 aliphatic rings. The molecule has 1 N–H and O–H groups in total. The molecular weight excluding hydrogens is 212 g/mol. The largest absolute Gasteiger partial charge is 0.364 e. The molecule has 1 atom stereocenters. The second-order valence-corrected chi connectivity index (χ2v) is 6.00. The van der Waals surface area contributed by atoms with E-state index in [-0.39, 0.29) is 11.8 Å². The molecule has 1 aromatic rings. The topological polar surface area (TPSA) is 53.2 Å². The van der Waals surface area contributed by atoms with Crippen LogP contribution in [0.25, 0.3) is 0 Å². The summed E-state index contributed by atoms with van der Waals surface area (Å²) in [5, 5.41) is 0. The first kappa shape index (κ1) is 10.7. The van der Waals surface area contributed by atoms with Crippen molar-refractivity contribution < 1.29 is 8.42 Å². The maximum atomic E-state index is 11.8. The Morgan fingerprint density at radius 3 is 3.00 bits per heavy atom. The highest BCUT2D eigenvalue weighted by molar-refractivity contribution is 7.89. The number of aromatic amines is 1. The zero-order valence-electron chi connectivity index (χ0n) is 8.81. The van der Waals surface area contributed by atoms with E-state index in [1.807, 2.05) is 18.3 Å². The Morgan fingerprint density at radius 2 is 2.40 bits per heavy atom. The van der Waals surface area contributed by atoms with E-state index >= 15 is 0 Å². The van der Waals surface area contributed by atoms with Gasteiger partial charge in [-0.3, -0.25) is 0 Å². The Kier molecular flexibility index (Phi) is 2.84. The van der Waals surface area contributed by atoms with Crippen LogP contribution in [-0.2, 0) is 10.0 Å². The van der Waals surface area contributed by atoms with Gasteiger partial charge in [-0.05, 0) is 31.9 Å². The summed E-state index contributed by atoms with van der Waals surface area (Å²) < 4.78 is 25.3. The van der Waals surface area contributed by atoms with Gasteiger partial charge in [-0.2, -0.15) is 4.31 Å². The summed E-state index contributed by atoms with van der Waals surface area (Å²) in [5.74, 6) is 0.185. The Labute approximate surface area is 90.3 Å². The molecular formula is C10H16N2O2S. The van der Waals surface area contributed by atoms with Crippen molar-refractivity contribution in [2.75, 3.05) is 12.3 Å². The predicted molar refractivity (Wildman–Crippen MR) is 58.9 cm³/mol. The number of aromatic nitrogens is 1. The van der Waals surface area contributed by atoms with Gasteiger partial charge in [0, 0.05) is 18.4 Å². The molecule has 5 heteroatoms. The molecule has 0 amide bonds. The normalized spacial score (nSPS) is 23.4. The van der Waals surface area contributed by atoms with Crippen LogP contribution in [-0.4, -0.2) is 30.0 Å². The molecule has 1 unspecified atom stereocenters. The minimum atomic E-state index is -3.06. The number of sulfonamides is 1. The lowest BCUT2D eigenvalue weighted by atomic mass is 10.2. The smallest absolute Gasteiger partial charge is 0.214 e. The first-order chi connectivity index (χ1) is 7.15. The summed E-state index contributed by atoms with van der Waals surface area (Å²) in [6.07, 6.45) is 3.70. The quantitative estimate of drug-likeness (QED) is 0.852. The van der Waals surface area contributed by atoms with Gasteiger partial charge in [-0.25, -0.2) is 8.42 Å². The third kappa shape index (κ3) is 1.94. The molecule has 2 rings (SSSR count). The average molecular weight is 228 g/mol. The van der Waals surface area contributed by atoms with E-state index in [4.69, 9.17) is 0 Å². The van der Waals surface area contributed by atoms with E-state index < -0.39 is 10.0 Å². The zero-order chi connectivity index (χ0) is 10.9. The van der Waals surface area contributed by atoms with Gasteiger partial charge < -0.3 is 4.98 Å². The van der Waals surface area contributed by atoms with E-state index in [1.54, 1.807) is 11.2 Å². The predicted octanol–water partition coefficient (Wildman–Crippen LogP) is 1.50. The number of H-pyrrole nitrogens is 1. The molecule has 15 heavy (non-hydrogen) atoms. The highest BCUT2D eigenvalue weighted by Gasteiger charge is 2.34. The van der Waals surface area contributed by atoms with E-state index in [2.05, 4.69) is 4.98 Å². The minimum absolute atomic E-state index is 0.0185. The number of nitrogens with one attached hydrogen (secondary N) is 1. The van der Waals surface area contributed by atoms with Gasteiger partial charge in [-0.1, -0.05) is 0 Å². The fraction of sp³-hybridized carbons (Fsp3) is 0.600. The van der Waals surface area contributed by atoms with Crippen LogP contribution in [0.1, 0.15) is 31.5 Å². The summed E-state index contributed by atoms with van der Waals surface area (Å²) in [7, 11) is -3.06. The molecule has 1 aromatic heterocycles. The van der Waals surface area contributed by atoms with Crippen LogP contribution < -0.4 is 0 Å². The number of rotatable bonds is 3. The van der Waals surface area contributed by atoms with Crippen molar-refractivity contribution in [1.29, 1.82) is 0 Å². The molecule has 0 bridgehead atoms. The standard InChI is InChI=1S/C10H16N2O2S/c1-2-15(13,14)12-8-4-6-10(12)9-5-3-7-11-9/h3,5,7,10-11H,2,4,6,8H2,1H3. The van der Waals surface area contributed by atoms with Crippen molar-refractivity contribution in [2.45, 2.75) is 25.8 Å². The van der Waals surface area contributed by atoms with E-state index in [9.17, 15) is 8.42 Å². The van der Waals surface area contributed by atoms with Gasteiger partial charge >= 0.3 is 0 Å². The van der Waals surface area contributed by atoms with E-state index in [0.29, 0.717) is 6.54 Å². The lowest BCUT2D eigenvalue weighted by Crippen LogP contribution is -2.32. The van der Waals surface area contributed by atoms with Crippen LogP contribution in [0.3, 0.4) is 0 Å². The fourth-order valence-electron chi connectivity index (χ4n) is 2.10. The van der Waals surface area contributed by atoms with Gasteiger partial charge in [0.15, 0.2) is 0 Å². The minimum Gasteiger partial charge on any atom is -0.364 e. The molecule has 4 nitrogen and oxygen atoms in total. The van der Waals surface area contributed by atoms with Crippen LogP contribution in [0, 0.1) is 0 Å². The van der Waals surface area contributed by atoms with Gasteiger partial charge in [0.05, 0.1) is 11.8 Å². The molecule has 0 spiro atoms. The Bertz CT molecular complexity index is 411. The van der Waals surface area contributed by atoms with Crippen molar-refractivity contribution in [3.05, 3.63) is 24.0 Å². The third-order valence-corrected chi connectivity index (χ3v) is 4.79. The summed E-state index contributed by atoms with van der Waals surface area (Å²) in [4.78, 5) is 3.10. The summed E-state index contributed by atoms with van der Waals surface area (Å²) in [6.45, 7) is 2.35. The summed E-state index contributed by atoms with van der Waals surface area (Å²) in [5.41, 5.74) is 1.00. The Morgan fingerprint density at radius 1 is 1.60 bits per heavy atom. The molecule has 0 aromatic carbocycles. The van der Waals surface area contributed by atoms with Gasteiger partial charge in [0.1, 0.15) is 0 Å².